The molecule has 1 aliphatic rings. The number of carboxylic acid groups (broad SMARTS) is 1. The first kappa shape index (κ1) is 15.7. The number of aryl methyl sites for hydroxylation is 1. The van der Waals surface area contributed by atoms with Crippen LogP contribution in [0.1, 0.15) is 31.9 Å². The lowest BCUT2D eigenvalue weighted by Crippen LogP contribution is -2.30. The fourth-order valence-corrected chi connectivity index (χ4v) is 3.07. The van der Waals surface area contributed by atoms with Gasteiger partial charge in [-0.1, -0.05) is 24.9 Å². The molecule has 2 N–H and O–H groups in total. The number of aromatic nitrogens is 2. The van der Waals surface area contributed by atoms with Crippen LogP contribution in [0.4, 0.5) is 5.95 Å². The fraction of sp³-hybridized carbons (Fsp3) is 0.571. The van der Waals surface area contributed by atoms with E-state index in [1.165, 1.54) is 0 Å². The van der Waals surface area contributed by atoms with Crippen LogP contribution < -0.4 is 5.32 Å². The molecule has 1 heterocycles. The molecule has 0 saturated heterocycles. The predicted octanol–water partition coefficient (Wildman–Crippen LogP) is 2.51. The number of aliphatic carboxylic acids is 1. The van der Waals surface area contributed by atoms with Crippen molar-refractivity contribution in [2.24, 2.45) is 17.8 Å². The van der Waals surface area contributed by atoms with E-state index in [2.05, 4.69) is 15.3 Å². The molecule has 114 valence electrons. The molecule has 7 heteroatoms. The molecule has 0 spiro atoms. The SMILES string of the molecule is CCC1C[C@H](C(=O)Nc2nc(C)cc(Cl)n2)[C@H](C(=O)O)C1. The first-order valence-corrected chi connectivity index (χ1v) is 7.33. The summed E-state index contributed by atoms with van der Waals surface area (Å²) in [7, 11) is 0. The Balaban J connectivity index is 2.13. The van der Waals surface area contributed by atoms with E-state index < -0.39 is 17.8 Å². The van der Waals surface area contributed by atoms with Gasteiger partial charge in [0, 0.05) is 5.69 Å². The van der Waals surface area contributed by atoms with Crippen molar-refractivity contribution in [2.75, 3.05) is 5.32 Å². The highest BCUT2D eigenvalue weighted by Gasteiger charge is 2.42. The van der Waals surface area contributed by atoms with Crippen molar-refractivity contribution in [3.05, 3.63) is 16.9 Å². The molecule has 1 aliphatic carbocycles. The van der Waals surface area contributed by atoms with Crippen LogP contribution >= 0.6 is 11.6 Å². The van der Waals surface area contributed by atoms with E-state index in [4.69, 9.17) is 11.6 Å². The van der Waals surface area contributed by atoms with Gasteiger partial charge < -0.3 is 5.11 Å². The van der Waals surface area contributed by atoms with Crippen LogP contribution in [0.15, 0.2) is 6.07 Å². The van der Waals surface area contributed by atoms with Crippen LogP contribution in [0, 0.1) is 24.7 Å². The van der Waals surface area contributed by atoms with Gasteiger partial charge in [-0.05, 0) is 31.7 Å². The zero-order valence-electron chi connectivity index (χ0n) is 12.0. The number of carbonyl (C=O) groups is 2. The number of halogens is 1. The molecule has 1 saturated carbocycles. The Kier molecular flexibility index (Phi) is 4.77. The normalized spacial score (nSPS) is 24.8. The van der Waals surface area contributed by atoms with Crippen LogP contribution in [0.5, 0.6) is 0 Å². The molecule has 1 unspecified atom stereocenters. The molecular formula is C14H18ClN3O3. The van der Waals surface area contributed by atoms with Crippen molar-refractivity contribution in [3.8, 4) is 0 Å². The molecule has 1 fully saturated rings. The Labute approximate surface area is 127 Å². The zero-order valence-corrected chi connectivity index (χ0v) is 12.7. The monoisotopic (exact) mass is 311 g/mol. The summed E-state index contributed by atoms with van der Waals surface area (Å²) in [5.74, 6) is -2.07. The molecule has 0 radical (unpaired) electrons. The van der Waals surface area contributed by atoms with Crippen molar-refractivity contribution in [1.29, 1.82) is 0 Å². The maximum absolute atomic E-state index is 12.3. The number of hydrogen-bond donors (Lipinski definition) is 2. The van der Waals surface area contributed by atoms with Crippen LogP contribution in [0.2, 0.25) is 5.15 Å². The van der Waals surface area contributed by atoms with Crippen LogP contribution in [-0.4, -0.2) is 27.0 Å². The lowest BCUT2D eigenvalue weighted by atomic mass is 9.95. The average molecular weight is 312 g/mol. The Morgan fingerprint density at radius 3 is 2.62 bits per heavy atom. The summed E-state index contributed by atoms with van der Waals surface area (Å²) in [5, 5.41) is 12.1. The van der Waals surface area contributed by atoms with E-state index in [1.807, 2.05) is 6.92 Å². The molecule has 0 aromatic carbocycles. The summed E-state index contributed by atoms with van der Waals surface area (Å²) in [6.07, 6.45) is 2.00. The van der Waals surface area contributed by atoms with Gasteiger partial charge in [-0.15, -0.1) is 0 Å². The summed E-state index contributed by atoms with van der Waals surface area (Å²) in [5.41, 5.74) is 0.637. The van der Waals surface area contributed by atoms with E-state index in [0.29, 0.717) is 18.5 Å². The van der Waals surface area contributed by atoms with Gasteiger partial charge in [0.2, 0.25) is 11.9 Å². The number of nitrogens with zero attached hydrogens (tertiary/aromatic N) is 2. The second-order valence-electron chi connectivity index (χ2n) is 5.44. The van der Waals surface area contributed by atoms with E-state index in [-0.39, 0.29) is 22.9 Å². The molecule has 0 bridgehead atoms. The fourth-order valence-electron chi connectivity index (χ4n) is 2.83. The second-order valence-corrected chi connectivity index (χ2v) is 5.83. The van der Waals surface area contributed by atoms with Gasteiger partial charge in [0.25, 0.3) is 0 Å². The van der Waals surface area contributed by atoms with E-state index >= 15 is 0 Å². The van der Waals surface area contributed by atoms with E-state index in [9.17, 15) is 14.7 Å². The lowest BCUT2D eigenvalue weighted by Gasteiger charge is -2.14. The van der Waals surface area contributed by atoms with Crippen molar-refractivity contribution in [2.45, 2.75) is 33.1 Å². The molecule has 0 aliphatic heterocycles. The topological polar surface area (TPSA) is 92.2 Å². The Morgan fingerprint density at radius 1 is 1.38 bits per heavy atom. The molecule has 1 aromatic heterocycles. The summed E-state index contributed by atoms with van der Waals surface area (Å²) in [4.78, 5) is 31.6. The van der Waals surface area contributed by atoms with E-state index in [1.54, 1.807) is 13.0 Å². The molecular weight excluding hydrogens is 294 g/mol. The summed E-state index contributed by atoms with van der Waals surface area (Å²) >= 11 is 5.82. The first-order valence-electron chi connectivity index (χ1n) is 6.95. The van der Waals surface area contributed by atoms with Gasteiger partial charge in [-0.25, -0.2) is 9.97 Å². The Bertz CT molecular complexity index is 544. The molecule has 21 heavy (non-hydrogen) atoms. The van der Waals surface area contributed by atoms with Gasteiger partial charge in [0.05, 0.1) is 11.8 Å². The average Bonchev–Trinajstić information content (AvgIpc) is 2.81. The lowest BCUT2D eigenvalue weighted by molar-refractivity contribution is -0.145. The smallest absolute Gasteiger partial charge is 0.307 e. The number of carbonyl (C=O) groups excluding carboxylic acids is 1. The minimum atomic E-state index is -0.922. The highest BCUT2D eigenvalue weighted by atomic mass is 35.5. The number of carboxylic acids is 1. The molecule has 6 nitrogen and oxygen atoms in total. The first-order chi connectivity index (χ1) is 9.90. The molecule has 1 amide bonds. The largest absolute Gasteiger partial charge is 0.481 e. The summed E-state index contributed by atoms with van der Waals surface area (Å²) in [6, 6.07) is 1.58. The van der Waals surface area contributed by atoms with Crippen LogP contribution in [-0.2, 0) is 9.59 Å². The van der Waals surface area contributed by atoms with Gasteiger partial charge >= 0.3 is 5.97 Å². The third kappa shape index (κ3) is 3.69. The highest BCUT2D eigenvalue weighted by molar-refractivity contribution is 6.29. The quantitative estimate of drug-likeness (QED) is 0.833. The third-order valence-corrected chi connectivity index (χ3v) is 4.14. The zero-order chi connectivity index (χ0) is 15.6. The summed E-state index contributed by atoms with van der Waals surface area (Å²) < 4.78 is 0. The minimum Gasteiger partial charge on any atom is -0.481 e. The van der Waals surface area contributed by atoms with Crippen LogP contribution in [0.3, 0.4) is 0 Å². The number of anilines is 1. The Morgan fingerprint density at radius 2 is 2.05 bits per heavy atom. The summed E-state index contributed by atoms with van der Waals surface area (Å²) in [6.45, 7) is 3.75. The standard InChI is InChI=1S/C14H18ClN3O3/c1-3-8-5-9(10(6-8)13(20)21)12(19)18-14-16-7(2)4-11(15)17-14/h4,8-10H,3,5-6H2,1-2H3,(H,20,21)(H,16,17,18,19)/t8?,9-,10+/m0/s1. The number of hydrogen-bond acceptors (Lipinski definition) is 4. The minimum absolute atomic E-state index is 0.120. The maximum Gasteiger partial charge on any atom is 0.307 e. The van der Waals surface area contributed by atoms with Crippen molar-refractivity contribution < 1.29 is 14.7 Å². The number of rotatable bonds is 4. The van der Waals surface area contributed by atoms with Crippen molar-refractivity contribution in [1.82, 2.24) is 9.97 Å². The highest BCUT2D eigenvalue weighted by Crippen LogP contribution is 2.38. The van der Waals surface area contributed by atoms with Gasteiger partial charge in [0.1, 0.15) is 5.15 Å². The second kappa shape index (κ2) is 6.39. The van der Waals surface area contributed by atoms with E-state index in [0.717, 1.165) is 6.42 Å². The predicted molar refractivity (Wildman–Crippen MR) is 78.0 cm³/mol. The van der Waals surface area contributed by atoms with Crippen molar-refractivity contribution in [3.63, 3.8) is 0 Å². The third-order valence-electron chi connectivity index (χ3n) is 3.95. The van der Waals surface area contributed by atoms with Crippen molar-refractivity contribution >= 4 is 29.4 Å². The molecule has 3 atom stereocenters. The number of amides is 1. The van der Waals surface area contributed by atoms with Gasteiger partial charge in [0.15, 0.2) is 0 Å². The van der Waals surface area contributed by atoms with Gasteiger partial charge in [-0.3, -0.25) is 14.9 Å². The molecule has 2 rings (SSSR count). The van der Waals surface area contributed by atoms with Gasteiger partial charge in [-0.2, -0.15) is 0 Å². The Hall–Kier alpha value is -1.69. The number of nitrogens with one attached hydrogen (secondary N) is 1. The van der Waals surface area contributed by atoms with Crippen LogP contribution in [0.25, 0.3) is 0 Å². The maximum atomic E-state index is 12.3. The molecule has 1 aromatic rings.